The molecule has 130 valence electrons. The topological polar surface area (TPSA) is 101 Å². The lowest BCUT2D eigenvalue weighted by Gasteiger charge is -2.21. The van der Waals surface area contributed by atoms with Crippen molar-refractivity contribution in [1.29, 1.82) is 5.26 Å². The van der Waals surface area contributed by atoms with Crippen molar-refractivity contribution >= 4 is 23.2 Å². The van der Waals surface area contributed by atoms with Gasteiger partial charge in [0.2, 0.25) is 11.8 Å². The number of nitriles is 1. The molecule has 0 fully saturated rings. The second-order valence-electron chi connectivity index (χ2n) is 5.82. The first kappa shape index (κ1) is 16.6. The zero-order valence-electron chi connectivity index (χ0n) is 13.5. The third kappa shape index (κ3) is 2.53. The Morgan fingerprint density at radius 2 is 2.04 bits per heavy atom. The van der Waals surface area contributed by atoms with E-state index in [0.717, 1.165) is 16.8 Å². The van der Waals surface area contributed by atoms with Crippen molar-refractivity contribution < 1.29 is 9.15 Å². The Kier molecular flexibility index (Phi) is 3.91. The number of aryl methyl sites for hydroxylation is 1. The maximum atomic E-state index is 9.57. The van der Waals surface area contributed by atoms with Crippen molar-refractivity contribution in [3.63, 3.8) is 0 Å². The van der Waals surface area contributed by atoms with Gasteiger partial charge in [-0.3, -0.25) is 5.10 Å². The molecule has 3 aromatic rings. The maximum absolute atomic E-state index is 9.57. The Bertz CT molecular complexity index is 1090. The van der Waals surface area contributed by atoms with E-state index in [1.165, 1.54) is 0 Å². The van der Waals surface area contributed by atoms with Gasteiger partial charge in [-0.05, 0) is 37.3 Å². The summed E-state index contributed by atoms with van der Waals surface area (Å²) in [5.41, 5.74) is 8.46. The first-order chi connectivity index (χ1) is 12.5. The fourth-order valence-electron chi connectivity index (χ4n) is 3.00. The molecule has 3 N–H and O–H groups in total. The smallest absolute Gasteiger partial charge is 0.244 e. The minimum atomic E-state index is -0.501. The number of aromatic amines is 1. The lowest BCUT2D eigenvalue weighted by atomic mass is 9.88. The van der Waals surface area contributed by atoms with Crippen LogP contribution >= 0.6 is 23.2 Å². The van der Waals surface area contributed by atoms with Gasteiger partial charge >= 0.3 is 0 Å². The third-order valence-electron chi connectivity index (χ3n) is 4.24. The van der Waals surface area contributed by atoms with Crippen LogP contribution in [0, 0.1) is 18.3 Å². The molecule has 0 saturated heterocycles. The van der Waals surface area contributed by atoms with Crippen molar-refractivity contribution in [3.8, 4) is 23.3 Å². The lowest BCUT2D eigenvalue weighted by molar-refractivity contribution is 0.371. The summed E-state index contributed by atoms with van der Waals surface area (Å²) in [6.45, 7) is 1.85. The first-order valence-electron chi connectivity index (χ1n) is 7.67. The highest BCUT2D eigenvalue weighted by atomic mass is 35.5. The van der Waals surface area contributed by atoms with E-state index in [2.05, 4.69) is 16.3 Å². The number of rotatable bonds is 2. The molecular weight excluding hydrogens is 375 g/mol. The van der Waals surface area contributed by atoms with Crippen LogP contribution in [-0.4, -0.2) is 10.2 Å². The number of allylic oxidation sites excluding steroid dienone is 1. The van der Waals surface area contributed by atoms with E-state index < -0.39 is 5.92 Å². The van der Waals surface area contributed by atoms with Crippen LogP contribution < -0.4 is 10.5 Å². The Morgan fingerprint density at radius 3 is 2.77 bits per heavy atom. The fourth-order valence-corrected chi connectivity index (χ4v) is 3.29. The predicted octanol–water partition coefficient (Wildman–Crippen LogP) is 4.50. The highest BCUT2D eigenvalue weighted by Gasteiger charge is 2.36. The molecule has 3 heterocycles. The quantitative estimate of drug-likeness (QED) is 0.674. The lowest BCUT2D eigenvalue weighted by Crippen LogP contribution is -2.20. The van der Waals surface area contributed by atoms with Gasteiger partial charge in [-0.25, -0.2) is 0 Å². The van der Waals surface area contributed by atoms with Crippen LogP contribution in [0.3, 0.4) is 0 Å². The average Bonchev–Trinajstić information content (AvgIpc) is 3.24. The van der Waals surface area contributed by atoms with E-state index in [0.29, 0.717) is 27.4 Å². The number of halogens is 2. The minimum absolute atomic E-state index is 0.0176. The molecule has 0 amide bonds. The molecule has 0 spiro atoms. The summed E-state index contributed by atoms with van der Waals surface area (Å²) >= 11 is 12.1. The SMILES string of the molecule is Cc1[nH]nc2c1[C@H](c1ccc(-c3ccc(Cl)c(Cl)c3)o1)C(C#N)=C(N)O2. The summed E-state index contributed by atoms with van der Waals surface area (Å²) < 4.78 is 11.5. The molecule has 0 aliphatic carbocycles. The van der Waals surface area contributed by atoms with Gasteiger partial charge in [-0.2, -0.15) is 5.26 Å². The summed E-state index contributed by atoms with van der Waals surface area (Å²) in [4.78, 5) is 0. The fraction of sp³-hybridized carbons (Fsp3) is 0.111. The molecular formula is C18H12Cl2N4O2. The maximum Gasteiger partial charge on any atom is 0.244 e. The number of hydrogen-bond donors (Lipinski definition) is 2. The number of nitrogens with one attached hydrogen (secondary N) is 1. The van der Waals surface area contributed by atoms with Crippen LogP contribution in [0.15, 0.2) is 46.2 Å². The van der Waals surface area contributed by atoms with Gasteiger partial charge in [0, 0.05) is 11.3 Å². The zero-order valence-corrected chi connectivity index (χ0v) is 15.0. The normalized spacial score (nSPS) is 16.2. The van der Waals surface area contributed by atoms with Crippen LogP contribution in [0.4, 0.5) is 0 Å². The minimum Gasteiger partial charge on any atom is -0.460 e. The second-order valence-corrected chi connectivity index (χ2v) is 6.64. The van der Waals surface area contributed by atoms with Crippen molar-refractivity contribution in [1.82, 2.24) is 10.2 Å². The van der Waals surface area contributed by atoms with Crippen LogP contribution in [0.25, 0.3) is 11.3 Å². The molecule has 1 aliphatic rings. The van der Waals surface area contributed by atoms with E-state index in [9.17, 15) is 5.26 Å². The summed E-state index contributed by atoms with van der Waals surface area (Å²) in [7, 11) is 0. The Morgan fingerprint density at radius 1 is 1.23 bits per heavy atom. The van der Waals surface area contributed by atoms with Crippen LogP contribution in [0.1, 0.15) is 22.9 Å². The van der Waals surface area contributed by atoms with Crippen molar-refractivity contribution in [2.24, 2.45) is 5.73 Å². The number of H-pyrrole nitrogens is 1. The van der Waals surface area contributed by atoms with Gasteiger partial charge in [0.15, 0.2) is 0 Å². The number of nitrogens with two attached hydrogens (primary N) is 1. The van der Waals surface area contributed by atoms with Gasteiger partial charge in [0.1, 0.15) is 23.2 Å². The van der Waals surface area contributed by atoms with E-state index in [-0.39, 0.29) is 11.5 Å². The number of aromatic nitrogens is 2. The molecule has 0 bridgehead atoms. The third-order valence-corrected chi connectivity index (χ3v) is 4.98. The van der Waals surface area contributed by atoms with Gasteiger partial charge < -0.3 is 14.9 Å². The van der Waals surface area contributed by atoms with Gasteiger partial charge in [-0.15, -0.1) is 5.10 Å². The number of nitrogens with zero attached hydrogens (tertiary/aromatic N) is 2. The largest absolute Gasteiger partial charge is 0.460 e. The van der Waals surface area contributed by atoms with Crippen molar-refractivity contribution in [3.05, 3.63) is 68.9 Å². The second kappa shape index (κ2) is 6.13. The number of fused-ring (bicyclic) bond motifs is 1. The summed E-state index contributed by atoms with van der Waals surface area (Å²) in [6.07, 6.45) is 0. The van der Waals surface area contributed by atoms with Crippen LogP contribution in [0.5, 0.6) is 5.88 Å². The molecule has 1 aromatic carbocycles. The first-order valence-corrected chi connectivity index (χ1v) is 8.42. The number of furan rings is 1. The number of ether oxygens (including phenoxy) is 1. The standard InChI is InChI=1S/C18H12Cl2N4O2/c1-8-15-16(10(7-21)17(22)26-18(15)24-23-8)14-5-4-13(25-14)9-2-3-11(19)12(20)6-9/h2-6,16H,22H2,1H3,(H,23,24)/t16-/m0/s1. The number of hydrogen-bond acceptors (Lipinski definition) is 5. The van der Waals surface area contributed by atoms with Crippen molar-refractivity contribution in [2.45, 2.75) is 12.8 Å². The molecule has 6 nitrogen and oxygen atoms in total. The molecule has 26 heavy (non-hydrogen) atoms. The molecule has 8 heteroatoms. The van der Waals surface area contributed by atoms with Crippen molar-refractivity contribution in [2.75, 3.05) is 0 Å². The highest BCUT2D eigenvalue weighted by molar-refractivity contribution is 6.42. The Balaban J connectivity index is 1.83. The molecule has 1 atom stereocenters. The molecule has 4 rings (SSSR count). The Hall–Kier alpha value is -2.88. The average molecular weight is 387 g/mol. The molecule has 1 aliphatic heterocycles. The van der Waals surface area contributed by atoms with Gasteiger partial charge in [0.25, 0.3) is 0 Å². The van der Waals surface area contributed by atoms with E-state index in [4.69, 9.17) is 38.1 Å². The summed E-state index contributed by atoms with van der Waals surface area (Å²) in [5, 5.41) is 17.4. The van der Waals surface area contributed by atoms with Gasteiger partial charge in [-0.1, -0.05) is 23.2 Å². The molecule has 0 saturated carbocycles. The number of benzene rings is 1. The van der Waals surface area contributed by atoms with Gasteiger partial charge in [0.05, 0.1) is 21.5 Å². The summed E-state index contributed by atoms with van der Waals surface area (Å²) in [5.74, 6) is 1.02. The van der Waals surface area contributed by atoms with Crippen LogP contribution in [0.2, 0.25) is 10.0 Å². The van der Waals surface area contributed by atoms with Crippen LogP contribution in [-0.2, 0) is 0 Å². The molecule has 2 aromatic heterocycles. The van der Waals surface area contributed by atoms with E-state index >= 15 is 0 Å². The molecule has 0 unspecified atom stereocenters. The van der Waals surface area contributed by atoms with E-state index in [1.807, 2.05) is 19.1 Å². The zero-order chi connectivity index (χ0) is 18.4. The molecule has 0 radical (unpaired) electrons. The monoisotopic (exact) mass is 386 g/mol. The summed E-state index contributed by atoms with van der Waals surface area (Å²) in [6, 6.07) is 11.0. The highest BCUT2D eigenvalue weighted by Crippen LogP contribution is 2.44. The Labute approximate surface area is 158 Å². The van der Waals surface area contributed by atoms with E-state index in [1.54, 1.807) is 18.2 Å². The predicted molar refractivity (Wildman–Crippen MR) is 96.8 cm³/mol.